The van der Waals surface area contributed by atoms with Crippen molar-refractivity contribution in [1.29, 1.82) is 0 Å². The lowest BCUT2D eigenvalue weighted by atomic mass is 9.87. The van der Waals surface area contributed by atoms with Gasteiger partial charge in [-0.2, -0.15) is 0 Å². The van der Waals surface area contributed by atoms with Gasteiger partial charge >= 0.3 is 24.2 Å². The zero-order valence-electron chi connectivity index (χ0n) is 42.8. The van der Waals surface area contributed by atoms with Crippen LogP contribution in [0.4, 0.5) is 14.4 Å². The molecule has 7 amide bonds. The van der Waals surface area contributed by atoms with E-state index in [2.05, 4.69) is 31.9 Å². The molecular weight excluding hydrogens is 903 g/mol. The number of piperidine rings is 1. The van der Waals surface area contributed by atoms with E-state index >= 15 is 0 Å². The van der Waals surface area contributed by atoms with Crippen LogP contribution in [0.15, 0.2) is 60.7 Å². The van der Waals surface area contributed by atoms with Crippen molar-refractivity contribution in [3.8, 4) is 0 Å². The third kappa shape index (κ3) is 21.1. The number of carboxylic acid groups (broad SMARTS) is 1. The molecular formula is C51H77N7O12. The largest absolute Gasteiger partial charge is 0.480 e. The van der Waals surface area contributed by atoms with E-state index in [1.54, 1.807) is 117 Å². The summed E-state index contributed by atoms with van der Waals surface area (Å²) in [5, 5.41) is 26.7. The van der Waals surface area contributed by atoms with E-state index in [0.29, 0.717) is 18.4 Å². The lowest BCUT2D eigenvalue weighted by molar-refractivity contribution is -0.150. The summed E-state index contributed by atoms with van der Waals surface area (Å²) in [6.07, 6.45) is -1.68. The molecule has 2 aromatic rings. The van der Waals surface area contributed by atoms with Crippen LogP contribution in [0.25, 0.3) is 0 Å². The minimum atomic E-state index is -1.71. The maximum atomic E-state index is 14.4. The first-order valence-electron chi connectivity index (χ1n) is 24.0. The average molecular weight is 980 g/mol. The molecule has 1 heterocycles. The van der Waals surface area contributed by atoms with Gasteiger partial charge in [0.05, 0.1) is 12.5 Å². The smallest absolute Gasteiger partial charge is 0.408 e. The standard InChI is InChI=1S/C51H77N7O12/c1-33(2)30-38(55-42(61)39(31-34-20-14-12-15-21-34)53-40(59)32-37(35-22-16-13-17-23-35)56-46(66)69-49(6,7)8)41(60)54-36(24-18-19-27-52-45(65)68-48(3,4)5)43(62)58-28-25-51(26-29-58,44(63)64)57-47(67)70-50(9,10)11/h12-17,20-23,33,36-39H,18-19,24-32H2,1-11H3,(H,52,65)(H,53,59)(H,54,60)(H,55,61)(H,56,66)(H,57,67)(H,63,64)/t36-,37?,38-,39-/m1/s1. The summed E-state index contributed by atoms with van der Waals surface area (Å²) in [6.45, 7) is 19.2. The number of benzene rings is 2. The van der Waals surface area contributed by atoms with Gasteiger partial charge in [0, 0.05) is 26.1 Å². The Balaban J connectivity index is 1.87. The monoisotopic (exact) mass is 980 g/mol. The number of alkyl carbamates (subject to hydrolysis) is 3. The van der Waals surface area contributed by atoms with E-state index in [9.17, 15) is 43.5 Å². The van der Waals surface area contributed by atoms with Crippen LogP contribution >= 0.6 is 0 Å². The maximum absolute atomic E-state index is 14.4. The molecule has 0 bridgehead atoms. The normalized spacial score (nSPS) is 15.5. The molecule has 7 N–H and O–H groups in total. The van der Waals surface area contributed by atoms with Crippen molar-refractivity contribution in [1.82, 2.24) is 36.8 Å². The molecule has 0 spiro atoms. The number of nitrogens with one attached hydrogen (secondary N) is 6. The number of hydrogen-bond acceptors (Lipinski definition) is 11. The number of unbranched alkanes of at least 4 members (excludes halogenated alkanes) is 1. The molecule has 4 atom stereocenters. The molecule has 1 fully saturated rings. The number of nitrogens with zero attached hydrogens (tertiary/aromatic N) is 1. The number of hydrogen-bond donors (Lipinski definition) is 7. The summed E-state index contributed by atoms with van der Waals surface area (Å²) in [4.78, 5) is 109. The van der Waals surface area contributed by atoms with Gasteiger partial charge in [0.15, 0.2) is 0 Å². The molecule has 1 saturated heterocycles. The third-order valence-electron chi connectivity index (χ3n) is 10.8. The number of likely N-dealkylation sites (tertiary alicyclic amines) is 1. The predicted octanol–water partition coefficient (Wildman–Crippen LogP) is 6.05. The van der Waals surface area contributed by atoms with E-state index < -0.39 is 94.4 Å². The molecule has 19 heteroatoms. The Hall–Kier alpha value is -6.40. The van der Waals surface area contributed by atoms with Crippen molar-refractivity contribution in [3.05, 3.63) is 71.8 Å². The van der Waals surface area contributed by atoms with E-state index in [4.69, 9.17) is 14.2 Å². The van der Waals surface area contributed by atoms with Gasteiger partial charge in [0.1, 0.15) is 40.5 Å². The molecule has 0 saturated carbocycles. The van der Waals surface area contributed by atoms with Crippen molar-refractivity contribution < 1.29 is 57.7 Å². The summed E-state index contributed by atoms with van der Waals surface area (Å²) < 4.78 is 16.1. The second-order valence-electron chi connectivity index (χ2n) is 21.1. The fourth-order valence-corrected chi connectivity index (χ4v) is 7.59. The fraction of sp³-hybridized carbons (Fsp3) is 0.608. The molecule has 1 aliphatic heterocycles. The van der Waals surface area contributed by atoms with Gasteiger partial charge in [-0.05, 0) is 118 Å². The van der Waals surface area contributed by atoms with Gasteiger partial charge in [0.2, 0.25) is 23.6 Å². The number of rotatable bonds is 21. The molecule has 70 heavy (non-hydrogen) atoms. The molecule has 2 aromatic carbocycles. The van der Waals surface area contributed by atoms with Gasteiger partial charge in [-0.3, -0.25) is 19.2 Å². The zero-order valence-corrected chi connectivity index (χ0v) is 42.8. The molecule has 1 unspecified atom stereocenters. The van der Waals surface area contributed by atoms with Crippen molar-refractivity contribution in [2.75, 3.05) is 19.6 Å². The third-order valence-corrected chi connectivity index (χ3v) is 10.8. The Bertz CT molecular complexity index is 2070. The molecule has 0 radical (unpaired) electrons. The summed E-state index contributed by atoms with van der Waals surface area (Å²) in [5.74, 6) is -3.79. The average Bonchev–Trinajstić information content (AvgIpc) is 3.23. The van der Waals surface area contributed by atoms with E-state index in [1.807, 2.05) is 19.9 Å². The highest BCUT2D eigenvalue weighted by Gasteiger charge is 2.45. The Kier molecular flexibility index (Phi) is 21.5. The minimum absolute atomic E-state index is 0.0535. The Morgan fingerprint density at radius 1 is 0.643 bits per heavy atom. The second-order valence-corrected chi connectivity index (χ2v) is 21.1. The van der Waals surface area contributed by atoms with E-state index in [1.165, 1.54) is 4.90 Å². The Morgan fingerprint density at radius 2 is 1.16 bits per heavy atom. The summed E-state index contributed by atoms with van der Waals surface area (Å²) in [6, 6.07) is 13.6. The van der Waals surface area contributed by atoms with Crippen LogP contribution in [-0.2, 0) is 44.6 Å². The minimum Gasteiger partial charge on any atom is -0.480 e. The SMILES string of the molecule is CC(C)C[C@@H](NC(=O)[C@@H](Cc1ccccc1)NC(=O)CC(NC(=O)OC(C)(C)C)c1ccccc1)C(=O)N[C@H](CCCCNC(=O)OC(C)(C)C)C(=O)N1CCC(NC(=O)OC(C)(C)C)(C(=O)O)CC1. The van der Waals surface area contributed by atoms with Crippen molar-refractivity contribution in [2.45, 2.75) is 174 Å². The maximum Gasteiger partial charge on any atom is 0.408 e. The Labute approximate surface area is 412 Å². The second kappa shape index (κ2) is 26.0. The molecule has 0 aromatic heterocycles. The first-order valence-corrected chi connectivity index (χ1v) is 24.0. The summed E-state index contributed by atoms with van der Waals surface area (Å²) in [5.41, 5.74) is -2.74. The van der Waals surface area contributed by atoms with Crippen LogP contribution in [0.5, 0.6) is 0 Å². The van der Waals surface area contributed by atoms with Crippen molar-refractivity contribution in [3.63, 3.8) is 0 Å². The van der Waals surface area contributed by atoms with E-state index in [0.717, 1.165) is 5.56 Å². The summed E-state index contributed by atoms with van der Waals surface area (Å²) >= 11 is 0. The van der Waals surface area contributed by atoms with E-state index in [-0.39, 0.29) is 64.1 Å². The highest BCUT2D eigenvalue weighted by atomic mass is 16.6. The van der Waals surface area contributed by atoms with Crippen molar-refractivity contribution in [2.24, 2.45) is 5.92 Å². The number of carbonyl (C=O) groups is 8. The number of amides is 7. The van der Waals surface area contributed by atoms with Gasteiger partial charge in [0.25, 0.3) is 0 Å². The van der Waals surface area contributed by atoms with Gasteiger partial charge in [-0.1, -0.05) is 74.5 Å². The van der Waals surface area contributed by atoms with Crippen molar-refractivity contribution >= 4 is 47.9 Å². The fourth-order valence-electron chi connectivity index (χ4n) is 7.59. The lowest BCUT2D eigenvalue weighted by Crippen LogP contribution is -2.63. The number of ether oxygens (including phenoxy) is 3. The highest BCUT2D eigenvalue weighted by molar-refractivity contribution is 5.95. The van der Waals surface area contributed by atoms with Gasteiger partial charge < -0.3 is 56.1 Å². The van der Waals surface area contributed by atoms with Crippen LogP contribution in [0.1, 0.15) is 138 Å². The van der Waals surface area contributed by atoms with Crippen LogP contribution in [0.3, 0.4) is 0 Å². The van der Waals surface area contributed by atoms with Gasteiger partial charge in [-0.25, -0.2) is 19.2 Å². The molecule has 3 rings (SSSR count). The lowest BCUT2D eigenvalue weighted by Gasteiger charge is -2.40. The van der Waals surface area contributed by atoms with Crippen LogP contribution < -0.4 is 31.9 Å². The van der Waals surface area contributed by atoms with Crippen LogP contribution in [-0.4, -0.2) is 118 Å². The quantitative estimate of drug-likeness (QED) is 0.0557. The number of aliphatic carboxylic acids is 1. The zero-order chi connectivity index (χ0) is 52.5. The summed E-state index contributed by atoms with van der Waals surface area (Å²) in [7, 11) is 0. The molecule has 1 aliphatic rings. The number of carboxylic acids is 1. The molecule has 19 nitrogen and oxygen atoms in total. The first-order chi connectivity index (χ1) is 32.5. The van der Waals surface area contributed by atoms with Crippen LogP contribution in [0.2, 0.25) is 0 Å². The molecule has 388 valence electrons. The first kappa shape index (κ1) is 57.9. The molecule has 0 aliphatic carbocycles. The highest BCUT2D eigenvalue weighted by Crippen LogP contribution is 2.25. The number of carbonyl (C=O) groups excluding carboxylic acids is 7. The van der Waals surface area contributed by atoms with Crippen LogP contribution in [0, 0.1) is 5.92 Å². The predicted molar refractivity (Wildman–Crippen MR) is 262 cm³/mol. The Morgan fingerprint density at radius 3 is 1.70 bits per heavy atom. The topological polar surface area (TPSA) is 260 Å². The van der Waals surface area contributed by atoms with Gasteiger partial charge in [-0.15, -0.1) is 0 Å².